The lowest BCUT2D eigenvalue weighted by molar-refractivity contribution is 0.0683. The molecule has 3 aromatic rings. The number of nitrogens with zero attached hydrogens (tertiary/aromatic N) is 3. The largest absolute Gasteiger partial charge is 0.339 e. The van der Waals surface area contributed by atoms with Crippen LogP contribution >= 0.6 is 11.6 Å². The van der Waals surface area contributed by atoms with E-state index in [0.29, 0.717) is 42.2 Å². The van der Waals surface area contributed by atoms with Gasteiger partial charge in [-0.2, -0.15) is 4.98 Å². The summed E-state index contributed by atoms with van der Waals surface area (Å²) in [5, 5.41) is 4.40. The maximum atomic E-state index is 13.9. The van der Waals surface area contributed by atoms with Gasteiger partial charge in [-0.15, -0.1) is 0 Å². The van der Waals surface area contributed by atoms with Crippen LogP contribution < -0.4 is 0 Å². The van der Waals surface area contributed by atoms with Gasteiger partial charge in [0.05, 0.1) is 5.56 Å². The molecule has 5 nitrogen and oxygen atoms in total. The number of piperidine rings is 1. The van der Waals surface area contributed by atoms with Crippen molar-refractivity contribution in [2.45, 2.75) is 19.3 Å². The van der Waals surface area contributed by atoms with Gasteiger partial charge in [-0.05, 0) is 37.0 Å². The smallest absolute Gasteiger partial charge is 0.256 e. The third-order valence-electron chi connectivity index (χ3n) is 5.02. The summed E-state index contributed by atoms with van der Waals surface area (Å²) in [5.74, 6) is 0.667. The van der Waals surface area contributed by atoms with Gasteiger partial charge in [0.25, 0.3) is 5.91 Å². The molecule has 0 radical (unpaired) electrons. The Hall–Kier alpha value is -2.73. The van der Waals surface area contributed by atoms with E-state index < -0.39 is 5.82 Å². The summed E-state index contributed by atoms with van der Waals surface area (Å²) in [5.41, 5.74) is 0.941. The normalized spacial score (nSPS) is 15.0. The molecule has 144 valence electrons. The van der Waals surface area contributed by atoms with Crippen LogP contribution in [0, 0.1) is 11.7 Å². The van der Waals surface area contributed by atoms with Crippen LogP contribution in [0.3, 0.4) is 0 Å². The summed E-state index contributed by atoms with van der Waals surface area (Å²) < 4.78 is 19.3. The van der Waals surface area contributed by atoms with Gasteiger partial charge >= 0.3 is 0 Å². The number of benzene rings is 2. The van der Waals surface area contributed by atoms with Crippen molar-refractivity contribution in [2.24, 2.45) is 5.92 Å². The minimum atomic E-state index is -0.546. The highest BCUT2D eigenvalue weighted by molar-refractivity contribution is 6.31. The number of likely N-dealkylation sites (tertiary alicyclic amines) is 1. The second kappa shape index (κ2) is 8.10. The van der Waals surface area contributed by atoms with E-state index in [9.17, 15) is 9.18 Å². The van der Waals surface area contributed by atoms with Gasteiger partial charge in [0.1, 0.15) is 5.82 Å². The fourth-order valence-corrected chi connectivity index (χ4v) is 3.63. The molecule has 1 saturated heterocycles. The van der Waals surface area contributed by atoms with Crippen molar-refractivity contribution >= 4 is 17.5 Å². The predicted molar refractivity (Wildman–Crippen MR) is 103 cm³/mol. The third kappa shape index (κ3) is 4.07. The van der Waals surface area contributed by atoms with Gasteiger partial charge in [-0.3, -0.25) is 4.79 Å². The summed E-state index contributed by atoms with van der Waals surface area (Å²) in [6.45, 7) is 1.13. The number of hydrogen-bond donors (Lipinski definition) is 0. The van der Waals surface area contributed by atoms with Gasteiger partial charge in [-0.25, -0.2) is 4.39 Å². The lowest BCUT2D eigenvalue weighted by Crippen LogP contribution is -2.39. The highest BCUT2D eigenvalue weighted by Crippen LogP contribution is 2.25. The fraction of sp³-hybridized carbons (Fsp3) is 0.286. The van der Waals surface area contributed by atoms with Crippen LogP contribution in [-0.2, 0) is 6.42 Å². The molecule has 1 aliphatic rings. The van der Waals surface area contributed by atoms with Crippen molar-refractivity contribution in [3.63, 3.8) is 0 Å². The number of carbonyl (C=O) groups is 1. The lowest BCUT2D eigenvalue weighted by Gasteiger charge is -2.31. The maximum Gasteiger partial charge on any atom is 0.256 e. The molecule has 0 unspecified atom stereocenters. The Morgan fingerprint density at radius 2 is 1.93 bits per heavy atom. The molecule has 0 bridgehead atoms. The molecule has 0 atom stereocenters. The Morgan fingerprint density at radius 1 is 1.18 bits per heavy atom. The number of halogens is 2. The minimum Gasteiger partial charge on any atom is -0.339 e. The van der Waals surface area contributed by atoms with Crippen molar-refractivity contribution in [3.8, 4) is 11.4 Å². The van der Waals surface area contributed by atoms with Gasteiger partial charge in [-0.1, -0.05) is 47.1 Å². The molecular formula is C21H19ClFN3O2. The van der Waals surface area contributed by atoms with Crippen LogP contribution in [-0.4, -0.2) is 34.0 Å². The summed E-state index contributed by atoms with van der Waals surface area (Å²) in [7, 11) is 0. The average Bonchev–Trinajstić information content (AvgIpc) is 3.19. The Bertz CT molecular complexity index is 969. The van der Waals surface area contributed by atoms with Crippen molar-refractivity contribution in [2.75, 3.05) is 13.1 Å². The Labute approximate surface area is 167 Å². The zero-order valence-corrected chi connectivity index (χ0v) is 15.9. The monoisotopic (exact) mass is 399 g/mol. The molecule has 1 aliphatic heterocycles. The van der Waals surface area contributed by atoms with E-state index in [1.54, 1.807) is 4.90 Å². The van der Waals surface area contributed by atoms with Crippen LogP contribution in [0.4, 0.5) is 4.39 Å². The maximum absolute atomic E-state index is 13.9. The Morgan fingerprint density at radius 3 is 2.68 bits per heavy atom. The van der Waals surface area contributed by atoms with E-state index in [-0.39, 0.29) is 11.5 Å². The molecule has 0 saturated carbocycles. The van der Waals surface area contributed by atoms with E-state index in [2.05, 4.69) is 10.1 Å². The summed E-state index contributed by atoms with van der Waals surface area (Å²) in [4.78, 5) is 18.7. The molecular weight excluding hydrogens is 381 g/mol. The highest BCUT2D eigenvalue weighted by Gasteiger charge is 2.26. The van der Waals surface area contributed by atoms with E-state index in [1.807, 2.05) is 30.3 Å². The molecule has 0 N–H and O–H groups in total. The molecule has 0 spiro atoms. The highest BCUT2D eigenvalue weighted by atomic mass is 35.5. The standard InChI is InChI=1S/C21H19ClFN3O2/c22-16-6-7-18(23)17(13-16)21(27)26-10-8-14(9-11-26)12-19-24-20(25-28-19)15-4-2-1-3-5-15/h1-7,13-14H,8-12H2. The van der Waals surface area contributed by atoms with Crippen molar-refractivity contribution in [1.29, 1.82) is 0 Å². The number of aromatic nitrogens is 2. The first-order valence-electron chi connectivity index (χ1n) is 9.22. The molecule has 1 aromatic heterocycles. The van der Waals surface area contributed by atoms with Gasteiger partial charge in [0.2, 0.25) is 11.7 Å². The van der Waals surface area contributed by atoms with E-state index >= 15 is 0 Å². The first-order chi connectivity index (χ1) is 13.6. The van der Waals surface area contributed by atoms with Crippen LogP contribution in [0.2, 0.25) is 5.02 Å². The van der Waals surface area contributed by atoms with Crippen molar-refractivity contribution in [1.82, 2.24) is 15.0 Å². The molecule has 4 rings (SSSR count). The molecule has 2 heterocycles. The predicted octanol–water partition coefficient (Wildman–Crippen LogP) is 4.62. The third-order valence-corrected chi connectivity index (χ3v) is 5.26. The summed E-state index contributed by atoms with van der Waals surface area (Å²) >= 11 is 5.90. The fourth-order valence-electron chi connectivity index (χ4n) is 3.46. The van der Waals surface area contributed by atoms with Crippen LogP contribution in [0.5, 0.6) is 0 Å². The zero-order valence-electron chi connectivity index (χ0n) is 15.1. The van der Waals surface area contributed by atoms with E-state index in [1.165, 1.54) is 18.2 Å². The summed E-state index contributed by atoms with van der Waals surface area (Å²) in [6, 6.07) is 13.7. The molecule has 0 aliphatic carbocycles. The first kappa shape index (κ1) is 18.6. The second-order valence-electron chi connectivity index (χ2n) is 6.94. The first-order valence-corrected chi connectivity index (χ1v) is 9.60. The quantitative estimate of drug-likeness (QED) is 0.642. The molecule has 1 fully saturated rings. The Kier molecular flexibility index (Phi) is 5.39. The topological polar surface area (TPSA) is 59.2 Å². The van der Waals surface area contributed by atoms with Gasteiger partial charge in [0, 0.05) is 30.1 Å². The molecule has 28 heavy (non-hydrogen) atoms. The number of hydrogen-bond acceptors (Lipinski definition) is 4. The molecule has 7 heteroatoms. The summed E-state index contributed by atoms with van der Waals surface area (Å²) in [6.07, 6.45) is 2.28. The van der Waals surface area contributed by atoms with Crippen molar-refractivity contribution in [3.05, 3.63) is 70.8 Å². The van der Waals surface area contributed by atoms with Crippen molar-refractivity contribution < 1.29 is 13.7 Å². The van der Waals surface area contributed by atoms with Gasteiger partial charge < -0.3 is 9.42 Å². The Balaban J connectivity index is 1.35. The molecule has 1 amide bonds. The molecule has 2 aromatic carbocycles. The number of carbonyl (C=O) groups excluding carboxylic acids is 1. The van der Waals surface area contributed by atoms with Crippen LogP contribution in [0.15, 0.2) is 53.1 Å². The van der Waals surface area contributed by atoms with E-state index in [0.717, 1.165) is 18.4 Å². The zero-order chi connectivity index (χ0) is 19.5. The van der Waals surface area contributed by atoms with E-state index in [4.69, 9.17) is 16.1 Å². The average molecular weight is 400 g/mol. The second-order valence-corrected chi connectivity index (χ2v) is 7.38. The SMILES string of the molecule is O=C(c1cc(Cl)ccc1F)N1CCC(Cc2nc(-c3ccccc3)no2)CC1. The number of amides is 1. The number of rotatable bonds is 4. The van der Waals surface area contributed by atoms with Crippen LogP contribution in [0.25, 0.3) is 11.4 Å². The van der Waals surface area contributed by atoms with Gasteiger partial charge in [0.15, 0.2) is 0 Å². The lowest BCUT2D eigenvalue weighted by atomic mass is 9.93. The van der Waals surface area contributed by atoms with Crippen LogP contribution in [0.1, 0.15) is 29.1 Å². The minimum absolute atomic E-state index is 0.0235.